The number of hydrogen-bond donors (Lipinski definition) is 1. The molecule has 1 N–H and O–H groups in total. The van der Waals surface area contributed by atoms with E-state index in [4.69, 9.17) is 9.47 Å². The van der Waals surface area contributed by atoms with Crippen molar-refractivity contribution in [3.63, 3.8) is 0 Å². The molecule has 0 aliphatic carbocycles. The van der Waals surface area contributed by atoms with E-state index >= 15 is 0 Å². The first-order chi connectivity index (χ1) is 8.11. The van der Waals surface area contributed by atoms with E-state index in [0.29, 0.717) is 19.0 Å². The standard InChI is InChI=1S/C10H18N2O3S2/c1-7(4-14-3)15-5-9(13)6-16-10-12-11-8(2)17-10/h7,9,13H,4-6H2,1-3H3. The molecule has 1 aromatic heterocycles. The SMILES string of the molecule is COCC(C)OCC(O)CSc1nnc(C)s1. The Balaban J connectivity index is 2.14. The van der Waals surface area contributed by atoms with E-state index in [1.807, 2.05) is 13.8 Å². The number of nitrogens with zero attached hydrogens (tertiary/aromatic N) is 2. The molecule has 0 saturated carbocycles. The zero-order valence-corrected chi connectivity index (χ0v) is 11.9. The number of aliphatic hydroxyl groups is 1. The number of rotatable bonds is 8. The Hall–Kier alpha value is -0.210. The molecule has 0 aliphatic heterocycles. The first-order valence-corrected chi connectivity index (χ1v) is 7.13. The van der Waals surface area contributed by atoms with E-state index in [1.54, 1.807) is 7.11 Å². The fourth-order valence-electron chi connectivity index (χ4n) is 1.11. The Bertz CT molecular complexity index is 322. The third-order valence-corrected chi connectivity index (χ3v) is 4.00. The van der Waals surface area contributed by atoms with E-state index in [0.717, 1.165) is 9.35 Å². The maximum absolute atomic E-state index is 9.70. The van der Waals surface area contributed by atoms with Gasteiger partial charge < -0.3 is 14.6 Å². The number of ether oxygens (including phenoxy) is 2. The Kier molecular flexibility index (Phi) is 6.98. The molecule has 2 atom stereocenters. The summed E-state index contributed by atoms with van der Waals surface area (Å²) in [6.07, 6.45) is -0.494. The largest absolute Gasteiger partial charge is 0.390 e. The van der Waals surface area contributed by atoms with Crippen LogP contribution in [0.2, 0.25) is 0 Å². The van der Waals surface area contributed by atoms with E-state index in [9.17, 15) is 5.11 Å². The van der Waals surface area contributed by atoms with Crippen molar-refractivity contribution in [2.75, 3.05) is 26.1 Å². The molecule has 17 heavy (non-hydrogen) atoms. The van der Waals surface area contributed by atoms with Gasteiger partial charge in [-0.05, 0) is 13.8 Å². The van der Waals surface area contributed by atoms with Gasteiger partial charge >= 0.3 is 0 Å². The van der Waals surface area contributed by atoms with Crippen LogP contribution in [0.3, 0.4) is 0 Å². The maximum Gasteiger partial charge on any atom is 0.174 e. The summed E-state index contributed by atoms with van der Waals surface area (Å²) in [6.45, 7) is 4.68. The molecule has 0 amide bonds. The van der Waals surface area contributed by atoms with Crippen molar-refractivity contribution in [2.24, 2.45) is 0 Å². The molecule has 0 fully saturated rings. The van der Waals surface area contributed by atoms with Crippen LogP contribution in [0.25, 0.3) is 0 Å². The van der Waals surface area contributed by atoms with Gasteiger partial charge in [0.15, 0.2) is 4.34 Å². The Morgan fingerprint density at radius 2 is 2.18 bits per heavy atom. The number of aromatic nitrogens is 2. The zero-order chi connectivity index (χ0) is 12.7. The third kappa shape index (κ3) is 6.32. The summed E-state index contributed by atoms with van der Waals surface area (Å²) in [7, 11) is 1.63. The molecular formula is C10H18N2O3S2. The maximum atomic E-state index is 9.70. The van der Waals surface area contributed by atoms with Crippen LogP contribution < -0.4 is 0 Å². The lowest BCUT2D eigenvalue weighted by Gasteiger charge is -2.15. The lowest BCUT2D eigenvalue weighted by atomic mass is 10.4. The number of methoxy groups -OCH3 is 1. The summed E-state index contributed by atoms with van der Waals surface area (Å²) in [5, 5.41) is 18.5. The average molecular weight is 278 g/mol. The normalized spacial score (nSPS) is 14.8. The summed E-state index contributed by atoms with van der Waals surface area (Å²) < 4.78 is 11.2. The summed E-state index contributed by atoms with van der Waals surface area (Å²) >= 11 is 3.03. The van der Waals surface area contributed by atoms with Gasteiger partial charge in [-0.15, -0.1) is 10.2 Å². The topological polar surface area (TPSA) is 64.5 Å². The molecule has 98 valence electrons. The highest BCUT2D eigenvalue weighted by Crippen LogP contribution is 2.22. The van der Waals surface area contributed by atoms with Gasteiger partial charge in [-0.3, -0.25) is 0 Å². The van der Waals surface area contributed by atoms with Gasteiger partial charge in [0, 0.05) is 12.9 Å². The van der Waals surface area contributed by atoms with Crippen molar-refractivity contribution in [1.82, 2.24) is 10.2 Å². The second-order valence-electron chi connectivity index (χ2n) is 3.65. The van der Waals surface area contributed by atoms with Gasteiger partial charge in [-0.1, -0.05) is 23.1 Å². The molecule has 1 heterocycles. The molecule has 5 nitrogen and oxygen atoms in total. The highest BCUT2D eigenvalue weighted by molar-refractivity contribution is 8.01. The second-order valence-corrected chi connectivity index (χ2v) is 6.10. The molecule has 0 spiro atoms. The Morgan fingerprint density at radius 1 is 1.41 bits per heavy atom. The predicted molar refractivity (Wildman–Crippen MR) is 68.7 cm³/mol. The second kappa shape index (κ2) is 7.99. The monoisotopic (exact) mass is 278 g/mol. The number of aryl methyl sites for hydroxylation is 1. The minimum atomic E-state index is -0.497. The van der Waals surface area contributed by atoms with Crippen LogP contribution >= 0.6 is 23.1 Å². The van der Waals surface area contributed by atoms with E-state index < -0.39 is 6.10 Å². The predicted octanol–water partition coefficient (Wildman–Crippen LogP) is 1.35. The van der Waals surface area contributed by atoms with Crippen LogP contribution in [-0.2, 0) is 9.47 Å². The van der Waals surface area contributed by atoms with Crippen LogP contribution in [0.15, 0.2) is 4.34 Å². The molecule has 1 rings (SSSR count). The average Bonchev–Trinajstić information content (AvgIpc) is 2.70. The number of aliphatic hydroxyl groups excluding tert-OH is 1. The summed E-state index contributed by atoms with van der Waals surface area (Å²) in [4.78, 5) is 0. The molecule has 0 bridgehead atoms. The van der Waals surface area contributed by atoms with E-state index in [2.05, 4.69) is 10.2 Å². The fraction of sp³-hybridized carbons (Fsp3) is 0.800. The van der Waals surface area contributed by atoms with E-state index in [1.165, 1.54) is 23.1 Å². The quantitative estimate of drug-likeness (QED) is 0.724. The van der Waals surface area contributed by atoms with Crippen molar-refractivity contribution in [1.29, 1.82) is 0 Å². The van der Waals surface area contributed by atoms with Crippen LogP contribution in [0.1, 0.15) is 11.9 Å². The molecule has 0 aliphatic rings. The van der Waals surface area contributed by atoms with Gasteiger partial charge in [0.05, 0.1) is 25.4 Å². The van der Waals surface area contributed by atoms with Crippen molar-refractivity contribution >= 4 is 23.1 Å². The zero-order valence-electron chi connectivity index (χ0n) is 10.3. The molecule has 0 saturated heterocycles. The van der Waals surface area contributed by atoms with Crippen LogP contribution in [-0.4, -0.2) is 53.6 Å². The Labute approximate surface area is 110 Å². The van der Waals surface area contributed by atoms with Crippen molar-refractivity contribution in [3.05, 3.63) is 5.01 Å². The number of hydrogen-bond acceptors (Lipinski definition) is 7. The van der Waals surface area contributed by atoms with Crippen LogP contribution in [0.5, 0.6) is 0 Å². The van der Waals surface area contributed by atoms with Gasteiger partial charge in [0.25, 0.3) is 0 Å². The summed E-state index contributed by atoms with van der Waals surface area (Å²) in [5.74, 6) is 0.564. The first-order valence-electron chi connectivity index (χ1n) is 5.33. The summed E-state index contributed by atoms with van der Waals surface area (Å²) in [5.41, 5.74) is 0. The lowest BCUT2D eigenvalue weighted by molar-refractivity contribution is -0.0257. The fourth-order valence-corrected chi connectivity index (χ4v) is 2.86. The van der Waals surface area contributed by atoms with Crippen molar-refractivity contribution in [2.45, 2.75) is 30.4 Å². The first kappa shape index (κ1) is 14.8. The van der Waals surface area contributed by atoms with Gasteiger partial charge in [-0.2, -0.15) is 0 Å². The minimum Gasteiger partial charge on any atom is -0.390 e. The lowest BCUT2D eigenvalue weighted by Crippen LogP contribution is -2.24. The highest BCUT2D eigenvalue weighted by Gasteiger charge is 2.10. The smallest absolute Gasteiger partial charge is 0.174 e. The van der Waals surface area contributed by atoms with Crippen LogP contribution in [0.4, 0.5) is 0 Å². The molecule has 0 aromatic carbocycles. The molecule has 1 aromatic rings. The van der Waals surface area contributed by atoms with Crippen LogP contribution in [0, 0.1) is 6.92 Å². The van der Waals surface area contributed by atoms with Gasteiger partial charge in [0.2, 0.25) is 0 Å². The summed E-state index contributed by atoms with van der Waals surface area (Å²) in [6, 6.07) is 0. The molecule has 7 heteroatoms. The number of thioether (sulfide) groups is 1. The Morgan fingerprint density at radius 3 is 2.76 bits per heavy atom. The molecule has 2 unspecified atom stereocenters. The van der Waals surface area contributed by atoms with Gasteiger partial charge in [0.1, 0.15) is 5.01 Å². The minimum absolute atomic E-state index is 0.00317. The van der Waals surface area contributed by atoms with Gasteiger partial charge in [-0.25, -0.2) is 0 Å². The van der Waals surface area contributed by atoms with Crippen molar-refractivity contribution in [3.8, 4) is 0 Å². The van der Waals surface area contributed by atoms with Crippen molar-refractivity contribution < 1.29 is 14.6 Å². The molecular weight excluding hydrogens is 260 g/mol. The third-order valence-electron chi connectivity index (χ3n) is 1.88. The van der Waals surface area contributed by atoms with E-state index in [-0.39, 0.29) is 6.10 Å². The highest BCUT2D eigenvalue weighted by atomic mass is 32.2. The molecule has 0 radical (unpaired) electrons.